The fourth-order valence-corrected chi connectivity index (χ4v) is 8.78. The van der Waals surface area contributed by atoms with Crippen molar-refractivity contribution in [1.82, 2.24) is 14.5 Å². The molecule has 0 bridgehead atoms. The average Bonchev–Trinajstić information content (AvgIpc) is 3.72. The summed E-state index contributed by atoms with van der Waals surface area (Å²) in [4.78, 5) is 24.7. The number of rotatable bonds is 8. The van der Waals surface area contributed by atoms with Gasteiger partial charge >= 0.3 is 0 Å². The van der Waals surface area contributed by atoms with Crippen LogP contribution in [-0.2, 0) is 30.6 Å². The number of fused-ring (bicyclic) bond motifs is 8. The first-order chi connectivity index (χ1) is 22.6. The van der Waals surface area contributed by atoms with Gasteiger partial charge < -0.3 is 9.47 Å². The Morgan fingerprint density at radius 1 is 0.913 bits per heavy atom. The monoisotopic (exact) mass is 622 g/mol. The zero-order valence-electron chi connectivity index (χ0n) is 26.5. The molecule has 0 aliphatic heterocycles. The third-order valence-electron chi connectivity index (χ3n) is 9.97. The van der Waals surface area contributed by atoms with E-state index in [4.69, 9.17) is 4.98 Å². The van der Waals surface area contributed by atoms with Crippen LogP contribution < -0.4 is 4.90 Å². The van der Waals surface area contributed by atoms with Gasteiger partial charge in [-0.25, -0.2) is 4.98 Å². The van der Waals surface area contributed by atoms with Gasteiger partial charge in [0, 0.05) is 31.8 Å². The van der Waals surface area contributed by atoms with Crippen molar-refractivity contribution in [3.05, 3.63) is 113 Å². The smallest absolute Gasteiger partial charge is 0.224 e. The Bertz CT molecular complexity index is 2250. The van der Waals surface area contributed by atoms with Crippen LogP contribution in [0.1, 0.15) is 61.5 Å². The number of hydrogen-bond donors (Lipinski definition) is 0. The molecule has 1 aliphatic rings. The molecular formula is C40H38N4OS. The maximum absolute atomic E-state index is 13.1. The third kappa shape index (κ3) is 4.96. The van der Waals surface area contributed by atoms with Crippen LogP contribution in [0.3, 0.4) is 0 Å². The van der Waals surface area contributed by atoms with Gasteiger partial charge in [-0.15, -0.1) is 11.3 Å². The number of aryl methyl sites for hydroxylation is 3. The Kier molecular flexibility index (Phi) is 7.53. The van der Waals surface area contributed by atoms with E-state index in [0.717, 1.165) is 78.9 Å². The minimum Gasteiger partial charge on any atom is -0.327 e. The summed E-state index contributed by atoms with van der Waals surface area (Å²) in [6, 6.07) is 28.5. The molecule has 230 valence electrons. The van der Waals surface area contributed by atoms with E-state index in [9.17, 15) is 4.79 Å². The number of pyridine rings is 1. The second kappa shape index (κ2) is 12.0. The van der Waals surface area contributed by atoms with Crippen LogP contribution in [0.2, 0.25) is 0 Å². The molecule has 1 atom stereocenters. The van der Waals surface area contributed by atoms with Gasteiger partial charge in [-0.1, -0.05) is 73.7 Å². The molecule has 6 heteroatoms. The Morgan fingerprint density at radius 2 is 1.74 bits per heavy atom. The molecule has 4 aromatic carbocycles. The number of thiophene rings is 1. The number of hydrogen-bond acceptors (Lipinski definition) is 4. The van der Waals surface area contributed by atoms with Gasteiger partial charge in [-0.05, 0) is 93.8 Å². The van der Waals surface area contributed by atoms with Crippen LogP contribution >= 0.6 is 11.3 Å². The molecule has 1 unspecified atom stereocenters. The van der Waals surface area contributed by atoms with Gasteiger partial charge in [-0.2, -0.15) is 0 Å². The number of nitrogens with zero attached hydrogens (tertiary/aromatic N) is 4. The van der Waals surface area contributed by atoms with Gasteiger partial charge in [0.1, 0.15) is 16.3 Å². The molecule has 0 saturated carbocycles. The zero-order valence-corrected chi connectivity index (χ0v) is 27.3. The fraction of sp³-hybridized carbons (Fsp3) is 0.275. The first-order valence-electron chi connectivity index (χ1n) is 16.6. The predicted molar refractivity (Wildman–Crippen MR) is 192 cm³/mol. The van der Waals surface area contributed by atoms with E-state index in [1.54, 1.807) is 18.3 Å². The van der Waals surface area contributed by atoms with E-state index in [1.165, 1.54) is 43.8 Å². The third-order valence-corrected chi connectivity index (χ3v) is 10.9. The summed E-state index contributed by atoms with van der Waals surface area (Å²) in [6.07, 6.45) is 7.86. The second-order valence-electron chi connectivity index (χ2n) is 12.6. The van der Waals surface area contributed by atoms with E-state index in [1.807, 2.05) is 17.2 Å². The van der Waals surface area contributed by atoms with E-state index >= 15 is 0 Å². The van der Waals surface area contributed by atoms with E-state index < -0.39 is 0 Å². The summed E-state index contributed by atoms with van der Waals surface area (Å²) in [6.45, 7) is 5.48. The summed E-state index contributed by atoms with van der Waals surface area (Å²) in [7, 11) is 0. The second-order valence-corrected chi connectivity index (χ2v) is 13.5. The van der Waals surface area contributed by atoms with Crippen molar-refractivity contribution in [2.45, 2.75) is 64.8 Å². The Labute approximate surface area is 273 Å². The van der Waals surface area contributed by atoms with Crippen LogP contribution in [0.15, 0.2) is 90.4 Å². The Balaban J connectivity index is 1.03. The Hall–Kier alpha value is -4.55. The largest absolute Gasteiger partial charge is 0.327 e. The van der Waals surface area contributed by atoms with Crippen molar-refractivity contribution >= 4 is 65.7 Å². The molecule has 8 rings (SSSR count). The van der Waals surface area contributed by atoms with Crippen molar-refractivity contribution < 1.29 is 4.79 Å². The molecular weight excluding hydrogens is 585 g/mol. The Morgan fingerprint density at radius 3 is 2.61 bits per heavy atom. The summed E-state index contributed by atoms with van der Waals surface area (Å²) in [5, 5.41) is 9.79. The summed E-state index contributed by atoms with van der Waals surface area (Å²) < 4.78 is 2.38. The summed E-state index contributed by atoms with van der Waals surface area (Å²) >= 11 is 1.71. The molecule has 0 radical (unpaired) electrons. The van der Waals surface area contributed by atoms with Crippen LogP contribution in [0.25, 0.3) is 43.5 Å². The minimum atomic E-state index is 0.122. The first kappa shape index (κ1) is 28.9. The molecule has 1 aliphatic carbocycles. The number of unbranched alkanes of at least 4 members (excludes halogenated alkanes) is 1. The van der Waals surface area contributed by atoms with Crippen molar-refractivity contribution in [2.75, 3.05) is 11.4 Å². The lowest BCUT2D eigenvalue weighted by atomic mass is 9.78. The molecule has 0 fully saturated rings. The lowest BCUT2D eigenvalue weighted by molar-refractivity contribution is -0.116. The highest BCUT2D eigenvalue weighted by Gasteiger charge is 2.27. The molecule has 46 heavy (non-hydrogen) atoms. The molecule has 5 nitrogen and oxygen atoms in total. The number of anilines is 1. The molecule has 3 aromatic heterocycles. The molecule has 0 saturated heterocycles. The molecule has 7 aromatic rings. The van der Waals surface area contributed by atoms with Gasteiger partial charge in [0.05, 0.1) is 17.2 Å². The number of benzene rings is 4. The average molecular weight is 623 g/mol. The van der Waals surface area contributed by atoms with Crippen molar-refractivity contribution in [3.8, 4) is 0 Å². The highest BCUT2D eigenvalue weighted by atomic mass is 32.1. The zero-order chi connectivity index (χ0) is 31.2. The summed E-state index contributed by atoms with van der Waals surface area (Å²) in [5.41, 5.74) is 7.41. The molecule has 0 spiro atoms. The van der Waals surface area contributed by atoms with Crippen molar-refractivity contribution in [2.24, 2.45) is 0 Å². The first-order valence-corrected chi connectivity index (χ1v) is 17.5. The minimum absolute atomic E-state index is 0.122. The SMILES string of the molecule is CCc1nc2cnc3ccccc3c2n1CCCCN(C(C)=O)c1sccc1C1CCc2ccc3c(ccc4ccccc43)c2C1. The van der Waals surface area contributed by atoms with E-state index in [0.29, 0.717) is 5.92 Å². The highest BCUT2D eigenvalue weighted by Crippen LogP contribution is 2.43. The topological polar surface area (TPSA) is 51.0 Å². The van der Waals surface area contributed by atoms with Crippen molar-refractivity contribution in [3.63, 3.8) is 0 Å². The quantitative estimate of drug-likeness (QED) is 0.125. The standard InChI is InChI=1S/C40H38N4OS/c1-3-38-42-37-25-41-36-13-7-6-12-34(36)39(37)44(38)22-9-8-21-43(26(2)45)40-31(20-23-46-40)29-15-14-28-17-18-32-30-11-5-4-10-27(30)16-19-33(32)35(28)24-29/h4-7,10-13,16-20,23,25,29H,3,8-9,14-15,21-22,24H2,1-2H3. The van der Waals surface area contributed by atoms with Crippen molar-refractivity contribution in [1.29, 1.82) is 0 Å². The van der Waals surface area contributed by atoms with Gasteiger partial charge in [0.2, 0.25) is 5.91 Å². The molecule has 0 N–H and O–H groups in total. The number of para-hydroxylation sites is 1. The molecule has 1 amide bonds. The van der Waals surface area contributed by atoms with Gasteiger partial charge in [0.25, 0.3) is 0 Å². The number of aromatic nitrogens is 3. The maximum Gasteiger partial charge on any atom is 0.224 e. The van der Waals surface area contributed by atoms with Gasteiger partial charge in [-0.3, -0.25) is 9.78 Å². The van der Waals surface area contributed by atoms with Crippen LogP contribution in [0, 0.1) is 0 Å². The number of imidazole rings is 1. The predicted octanol–water partition coefficient (Wildman–Crippen LogP) is 9.62. The van der Waals surface area contributed by atoms with Crippen LogP contribution in [-0.4, -0.2) is 27.0 Å². The number of amides is 1. The lowest BCUT2D eigenvalue weighted by Gasteiger charge is -2.29. The lowest BCUT2D eigenvalue weighted by Crippen LogP contribution is -2.30. The molecule has 3 heterocycles. The normalized spacial score (nSPS) is 14.8. The van der Waals surface area contributed by atoms with Gasteiger partial charge in [0.15, 0.2) is 0 Å². The van der Waals surface area contributed by atoms with E-state index in [2.05, 4.69) is 94.7 Å². The maximum atomic E-state index is 13.1. The number of carbonyl (C=O) groups is 1. The summed E-state index contributed by atoms with van der Waals surface area (Å²) in [5.74, 6) is 1.62. The highest BCUT2D eigenvalue weighted by molar-refractivity contribution is 7.14. The van der Waals surface area contributed by atoms with Crippen LogP contribution in [0.4, 0.5) is 5.00 Å². The fourth-order valence-electron chi connectivity index (χ4n) is 7.72. The van der Waals surface area contributed by atoms with E-state index in [-0.39, 0.29) is 5.91 Å². The van der Waals surface area contributed by atoms with Crippen LogP contribution in [0.5, 0.6) is 0 Å². The number of carbonyl (C=O) groups excluding carboxylic acids is 1.